The first-order valence-electron chi connectivity index (χ1n) is 4.11. The quantitative estimate of drug-likeness (QED) is 0.597. The van der Waals surface area contributed by atoms with Gasteiger partial charge in [-0.3, -0.25) is 0 Å². The average molecular weight is 197 g/mol. The first kappa shape index (κ1) is 10.2. The molecule has 2 nitrogen and oxygen atoms in total. The molecule has 0 radical (unpaired) electrons. The van der Waals surface area contributed by atoms with Crippen molar-refractivity contribution in [3.8, 4) is 0 Å². The van der Waals surface area contributed by atoms with E-state index >= 15 is 0 Å². The van der Waals surface area contributed by atoms with Gasteiger partial charge in [0.25, 0.3) is 0 Å². The summed E-state index contributed by atoms with van der Waals surface area (Å²) in [5.41, 5.74) is 7.84. The lowest BCUT2D eigenvalue weighted by atomic mass is 10.0. The summed E-state index contributed by atoms with van der Waals surface area (Å²) in [5.74, 6) is 0. The molecule has 0 unspecified atom stereocenters. The highest BCUT2D eigenvalue weighted by Crippen LogP contribution is 2.22. The van der Waals surface area contributed by atoms with Crippen molar-refractivity contribution in [1.29, 1.82) is 0 Å². The van der Waals surface area contributed by atoms with Crippen LogP contribution in [0.3, 0.4) is 0 Å². The standard InChI is InChI=1S/C10H13ClN2/c1-7(2)6-9(12)8-4-3-5-13-10(8)11/h3-5,9H,1,6,12H2,2H3/t9-/m0/s1. The molecule has 1 atom stereocenters. The summed E-state index contributed by atoms with van der Waals surface area (Å²) in [5, 5.41) is 0.483. The molecule has 0 saturated heterocycles. The van der Waals surface area contributed by atoms with E-state index in [-0.39, 0.29) is 6.04 Å². The Balaban J connectivity index is 2.82. The Morgan fingerprint density at radius 1 is 1.77 bits per heavy atom. The van der Waals surface area contributed by atoms with Gasteiger partial charge < -0.3 is 5.73 Å². The predicted molar refractivity (Wildman–Crippen MR) is 55.6 cm³/mol. The Morgan fingerprint density at radius 3 is 3.00 bits per heavy atom. The minimum Gasteiger partial charge on any atom is -0.324 e. The van der Waals surface area contributed by atoms with E-state index in [1.54, 1.807) is 6.20 Å². The van der Waals surface area contributed by atoms with Crippen LogP contribution in [-0.2, 0) is 0 Å². The minimum absolute atomic E-state index is 0.0984. The fourth-order valence-corrected chi connectivity index (χ4v) is 1.42. The number of nitrogens with zero attached hydrogens (tertiary/aromatic N) is 1. The molecule has 0 spiro atoms. The molecule has 3 heteroatoms. The molecule has 0 aromatic carbocycles. The summed E-state index contributed by atoms with van der Waals surface area (Å²) in [6.07, 6.45) is 2.39. The summed E-state index contributed by atoms with van der Waals surface area (Å²) in [7, 11) is 0. The second-order valence-electron chi connectivity index (χ2n) is 3.15. The summed E-state index contributed by atoms with van der Waals surface area (Å²) in [4.78, 5) is 3.96. The van der Waals surface area contributed by atoms with Gasteiger partial charge in [-0.2, -0.15) is 0 Å². The average Bonchev–Trinajstić information content (AvgIpc) is 2.03. The van der Waals surface area contributed by atoms with E-state index in [1.807, 2.05) is 19.1 Å². The molecule has 0 aliphatic heterocycles. The lowest BCUT2D eigenvalue weighted by Crippen LogP contribution is -2.11. The molecule has 0 saturated carbocycles. The fourth-order valence-electron chi connectivity index (χ4n) is 1.16. The van der Waals surface area contributed by atoms with Gasteiger partial charge >= 0.3 is 0 Å². The van der Waals surface area contributed by atoms with Crippen LogP contribution < -0.4 is 5.73 Å². The Morgan fingerprint density at radius 2 is 2.46 bits per heavy atom. The SMILES string of the molecule is C=C(C)C[C@H](N)c1cccnc1Cl. The van der Waals surface area contributed by atoms with Crippen molar-refractivity contribution in [2.24, 2.45) is 5.73 Å². The van der Waals surface area contributed by atoms with Gasteiger partial charge in [0.2, 0.25) is 0 Å². The summed E-state index contributed by atoms with van der Waals surface area (Å²) >= 11 is 5.88. The van der Waals surface area contributed by atoms with Gasteiger partial charge in [0, 0.05) is 17.8 Å². The fraction of sp³-hybridized carbons (Fsp3) is 0.300. The normalized spacial score (nSPS) is 12.5. The van der Waals surface area contributed by atoms with Crippen LogP contribution in [0.15, 0.2) is 30.5 Å². The van der Waals surface area contributed by atoms with Crippen LogP contribution in [0.2, 0.25) is 5.15 Å². The molecule has 0 amide bonds. The van der Waals surface area contributed by atoms with Crippen molar-refractivity contribution in [1.82, 2.24) is 4.98 Å². The minimum atomic E-state index is -0.0984. The monoisotopic (exact) mass is 196 g/mol. The largest absolute Gasteiger partial charge is 0.324 e. The summed E-state index contributed by atoms with van der Waals surface area (Å²) in [6, 6.07) is 3.63. The zero-order chi connectivity index (χ0) is 9.84. The van der Waals surface area contributed by atoms with E-state index in [9.17, 15) is 0 Å². The van der Waals surface area contributed by atoms with E-state index in [0.29, 0.717) is 5.15 Å². The van der Waals surface area contributed by atoms with E-state index in [2.05, 4.69) is 11.6 Å². The van der Waals surface area contributed by atoms with Crippen molar-refractivity contribution in [3.05, 3.63) is 41.2 Å². The van der Waals surface area contributed by atoms with Gasteiger partial charge in [-0.25, -0.2) is 4.98 Å². The van der Waals surface area contributed by atoms with Crippen LogP contribution in [0.1, 0.15) is 24.9 Å². The van der Waals surface area contributed by atoms with E-state index in [1.165, 1.54) is 0 Å². The summed E-state index contributed by atoms with van der Waals surface area (Å²) < 4.78 is 0. The molecule has 13 heavy (non-hydrogen) atoms. The lowest BCUT2D eigenvalue weighted by Gasteiger charge is -2.12. The highest BCUT2D eigenvalue weighted by molar-refractivity contribution is 6.30. The third-order valence-electron chi connectivity index (χ3n) is 1.76. The number of pyridine rings is 1. The molecule has 0 aliphatic rings. The Kier molecular flexibility index (Phi) is 3.46. The number of aromatic nitrogens is 1. The van der Waals surface area contributed by atoms with E-state index < -0.39 is 0 Å². The van der Waals surface area contributed by atoms with Gasteiger partial charge in [0.05, 0.1) is 0 Å². The van der Waals surface area contributed by atoms with Crippen LogP contribution in [0, 0.1) is 0 Å². The number of hydrogen-bond donors (Lipinski definition) is 1. The van der Waals surface area contributed by atoms with Crippen LogP contribution >= 0.6 is 11.6 Å². The topological polar surface area (TPSA) is 38.9 Å². The molecule has 0 bridgehead atoms. The molecule has 1 aromatic rings. The molecule has 0 aliphatic carbocycles. The van der Waals surface area contributed by atoms with Gasteiger partial charge in [-0.05, 0) is 19.4 Å². The number of rotatable bonds is 3. The highest BCUT2D eigenvalue weighted by atomic mass is 35.5. The molecular weight excluding hydrogens is 184 g/mol. The molecule has 1 aromatic heterocycles. The highest BCUT2D eigenvalue weighted by Gasteiger charge is 2.09. The molecule has 70 valence electrons. The Bertz CT molecular complexity index is 310. The number of halogens is 1. The zero-order valence-corrected chi connectivity index (χ0v) is 8.38. The van der Waals surface area contributed by atoms with Gasteiger partial charge in [-0.15, -0.1) is 6.58 Å². The molecular formula is C10H13ClN2. The van der Waals surface area contributed by atoms with Gasteiger partial charge in [0.1, 0.15) is 5.15 Å². The van der Waals surface area contributed by atoms with Gasteiger partial charge in [0.15, 0.2) is 0 Å². The number of hydrogen-bond acceptors (Lipinski definition) is 2. The third kappa shape index (κ3) is 2.83. The molecule has 1 rings (SSSR count). The third-order valence-corrected chi connectivity index (χ3v) is 2.07. The van der Waals surface area contributed by atoms with Crippen molar-refractivity contribution in [2.45, 2.75) is 19.4 Å². The Labute approximate surface area is 83.4 Å². The first-order valence-corrected chi connectivity index (χ1v) is 4.49. The summed E-state index contributed by atoms with van der Waals surface area (Å²) in [6.45, 7) is 5.76. The van der Waals surface area contributed by atoms with Crippen molar-refractivity contribution < 1.29 is 0 Å². The smallest absolute Gasteiger partial charge is 0.133 e. The molecule has 2 N–H and O–H groups in total. The van der Waals surface area contributed by atoms with Crippen LogP contribution in [0.5, 0.6) is 0 Å². The second-order valence-corrected chi connectivity index (χ2v) is 3.51. The first-order chi connectivity index (χ1) is 6.11. The van der Waals surface area contributed by atoms with Crippen molar-refractivity contribution in [3.63, 3.8) is 0 Å². The van der Waals surface area contributed by atoms with Gasteiger partial charge in [-0.1, -0.05) is 23.2 Å². The van der Waals surface area contributed by atoms with Crippen LogP contribution in [-0.4, -0.2) is 4.98 Å². The number of nitrogens with two attached hydrogens (primary N) is 1. The Hall–Kier alpha value is -0.860. The molecule has 1 heterocycles. The van der Waals surface area contributed by atoms with E-state index in [4.69, 9.17) is 17.3 Å². The van der Waals surface area contributed by atoms with E-state index in [0.717, 1.165) is 17.6 Å². The lowest BCUT2D eigenvalue weighted by molar-refractivity contribution is 0.714. The van der Waals surface area contributed by atoms with Crippen molar-refractivity contribution >= 4 is 11.6 Å². The maximum atomic E-state index is 5.91. The molecule has 0 fully saturated rings. The zero-order valence-electron chi connectivity index (χ0n) is 7.63. The van der Waals surface area contributed by atoms with Crippen molar-refractivity contribution in [2.75, 3.05) is 0 Å². The van der Waals surface area contributed by atoms with Crippen LogP contribution in [0.25, 0.3) is 0 Å². The van der Waals surface area contributed by atoms with Crippen LogP contribution in [0.4, 0.5) is 0 Å². The maximum Gasteiger partial charge on any atom is 0.133 e. The predicted octanol–water partition coefficient (Wildman–Crippen LogP) is 2.70. The maximum absolute atomic E-state index is 5.91. The second kappa shape index (κ2) is 4.40.